The molecular formula is C37H39F6N5O5. The third-order valence-corrected chi connectivity index (χ3v) is 10.5. The second-order valence-electron chi connectivity index (χ2n) is 13.9. The van der Waals surface area contributed by atoms with Gasteiger partial charge in [0, 0.05) is 69.4 Å². The van der Waals surface area contributed by atoms with Crippen LogP contribution < -0.4 is 20.5 Å². The molecule has 284 valence electrons. The van der Waals surface area contributed by atoms with Crippen molar-refractivity contribution in [1.29, 1.82) is 0 Å². The Kier molecular flexibility index (Phi) is 10.4. The summed E-state index contributed by atoms with van der Waals surface area (Å²) in [6.45, 7) is 2.92. The van der Waals surface area contributed by atoms with Crippen molar-refractivity contribution in [2.45, 2.75) is 57.9 Å². The van der Waals surface area contributed by atoms with E-state index in [0.29, 0.717) is 34.4 Å². The van der Waals surface area contributed by atoms with Crippen molar-refractivity contribution in [3.8, 4) is 16.9 Å². The van der Waals surface area contributed by atoms with E-state index >= 15 is 13.2 Å². The van der Waals surface area contributed by atoms with Crippen LogP contribution in [0.1, 0.15) is 46.3 Å². The molecule has 0 aliphatic carbocycles. The average molecular weight is 748 g/mol. The molecule has 2 atom stereocenters. The summed E-state index contributed by atoms with van der Waals surface area (Å²) in [5.74, 6) is -6.95. The van der Waals surface area contributed by atoms with Crippen LogP contribution in [0, 0.1) is 25.6 Å². The summed E-state index contributed by atoms with van der Waals surface area (Å²) >= 11 is 0. The standard InChI is InChI=1S/C37H39F6N5O5/c1-21-22(2)34(51)45(3)19-27(21)24-5-7-26(30(18-24)53-37(41,42)43)35(52)48-11-10-31(36(39,40)20-48)47-14-12-46(13-15-47)29-8-4-23(17-28(29)38)16-25-6-9-32(49)44-33(25)50/h4-5,7-8,17-19,25,31H,6,9-16,20H2,1-3H3,(H,44,49,50). The minimum Gasteiger partial charge on any atom is -0.405 e. The van der Waals surface area contributed by atoms with Gasteiger partial charge in [0.2, 0.25) is 11.8 Å². The zero-order valence-electron chi connectivity index (χ0n) is 29.4. The number of anilines is 1. The van der Waals surface area contributed by atoms with E-state index in [-0.39, 0.29) is 74.9 Å². The first kappa shape index (κ1) is 37.9. The van der Waals surface area contributed by atoms with Gasteiger partial charge >= 0.3 is 6.36 Å². The van der Waals surface area contributed by atoms with E-state index in [9.17, 15) is 32.3 Å². The Morgan fingerprint density at radius 2 is 1.68 bits per heavy atom. The Labute approximate surface area is 301 Å². The quantitative estimate of drug-likeness (QED) is 0.269. The first-order valence-corrected chi connectivity index (χ1v) is 17.3. The summed E-state index contributed by atoms with van der Waals surface area (Å²) in [5, 5.41) is 2.29. The summed E-state index contributed by atoms with van der Waals surface area (Å²) in [5.41, 5.74) is 1.68. The Hall–Kier alpha value is -4.86. The number of nitrogens with zero attached hydrogens (tertiary/aromatic N) is 4. The predicted molar refractivity (Wildman–Crippen MR) is 182 cm³/mol. The van der Waals surface area contributed by atoms with Gasteiger partial charge in [-0.3, -0.25) is 29.4 Å². The number of imide groups is 1. The van der Waals surface area contributed by atoms with E-state index in [0.717, 1.165) is 17.0 Å². The number of halogens is 6. The lowest BCUT2D eigenvalue weighted by molar-refractivity contribution is -0.274. The highest BCUT2D eigenvalue weighted by Crippen LogP contribution is 2.37. The molecule has 10 nitrogen and oxygen atoms in total. The van der Waals surface area contributed by atoms with Crippen molar-refractivity contribution in [1.82, 2.24) is 19.7 Å². The first-order chi connectivity index (χ1) is 24.9. The minimum atomic E-state index is -5.18. The summed E-state index contributed by atoms with van der Waals surface area (Å²) < 4.78 is 92.8. The lowest BCUT2D eigenvalue weighted by atomic mass is 9.91. The van der Waals surface area contributed by atoms with Crippen molar-refractivity contribution < 1.29 is 45.5 Å². The van der Waals surface area contributed by atoms with Gasteiger partial charge in [0.05, 0.1) is 23.8 Å². The first-order valence-electron chi connectivity index (χ1n) is 17.3. The molecule has 1 aromatic heterocycles. The van der Waals surface area contributed by atoms with Crippen LogP contribution in [0.25, 0.3) is 11.1 Å². The van der Waals surface area contributed by atoms with E-state index in [1.54, 1.807) is 35.8 Å². The van der Waals surface area contributed by atoms with Crippen LogP contribution in [0.2, 0.25) is 0 Å². The second-order valence-corrected chi connectivity index (χ2v) is 13.9. The number of piperazine rings is 1. The molecule has 2 aromatic carbocycles. The van der Waals surface area contributed by atoms with Gasteiger partial charge in [0.1, 0.15) is 11.6 Å². The highest BCUT2D eigenvalue weighted by molar-refractivity contribution is 5.99. The maximum Gasteiger partial charge on any atom is 0.573 e. The average Bonchev–Trinajstić information content (AvgIpc) is 3.09. The fourth-order valence-corrected chi connectivity index (χ4v) is 7.49. The Morgan fingerprint density at radius 1 is 0.962 bits per heavy atom. The maximum absolute atomic E-state index is 15.8. The molecule has 3 fully saturated rings. The van der Waals surface area contributed by atoms with Crippen molar-refractivity contribution >= 4 is 23.4 Å². The van der Waals surface area contributed by atoms with Gasteiger partial charge < -0.3 is 19.1 Å². The van der Waals surface area contributed by atoms with Gasteiger partial charge in [0.15, 0.2) is 0 Å². The van der Waals surface area contributed by atoms with Gasteiger partial charge in [-0.15, -0.1) is 13.2 Å². The number of alkyl halides is 5. The molecule has 3 aliphatic rings. The topological polar surface area (TPSA) is 104 Å². The molecule has 0 bridgehead atoms. The Balaban J connectivity index is 1.11. The molecule has 0 spiro atoms. The molecular weight excluding hydrogens is 708 g/mol. The number of piperidine rings is 2. The lowest BCUT2D eigenvalue weighted by Crippen LogP contribution is -2.62. The smallest absolute Gasteiger partial charge is 0.405 e. The number of benzene rings is 2. The van der Waals surface area contributed by atoms with Crippen LogP contribution in [0.15, 0.2) is 47.4 Å². The van der Waals surface area contributed by atoms with Gasteiger partial charge in [-0.2, -0.15) is 0 Å². The normalized spacial score (nSPS) is 21.1. The van der Waals surface area contributed by atoms with E-state index in [1.807, 2.05) is 0 Å². The number of nitrogens with one attached hydrogen (secondary N) is 1. The summed E-state index contributed by atoms with van der Waals surface area (Å²) in [6, 6.07) is 6.92. The SMILES string of the molecule is Cc1c(-c2ccc(C(=O)N3CCC(N4CCN(c5ccc(CC6CCC(=O)NC6=O)cc5F)CC4)C(F)(F)C3)c(OC(F)(F)F)c2)cn(C)c(=O)c1C. The second kappa shape index (κ2) is 14.5. The van der Waals surface area contributed by atoms with E-state index in [1.165, 1.54) is 29.9 Å². The number of hydrogen-bond acceptors (Lipinski definition) is 7. The monoisotopic (exact) mass is 747 g/mol. The third-order valence-electron chi connectivity index (χ3n) is 10.5. The molecule has 4 heterocycles. The molecule has 0 saturated carbocycles. The zero-order valence-corrected chi connectivity index (χ0v) is 29.4. The van der Waals surface area contributed by atoms with Crippen molar-refractivity contribution in [3.05, 3.63) is 81.0 Å². The largest absolute Gasteiger partial charge is 0.573 e. The lowest BCUT2D eigenvalue weighted by Gasteiger charge is -2.46. The van der Waals surface area contributed by atoms with Gasteiger partial charge in [-0.1, -0.05) is 12.1 Å². The molecule has 16 heteroatoms. The van der Waals surface area contributed by atoms with Crippen LogP contribution in [-0.2, 0) is 23.1 Å². The maximum atomic E-state index is 15.8. The minimum absolute atomic E-state index is 0.144. The molecule has 3 amide bonds. The predicted octanol–water partition coefficient (Wildman–Crippen LogP) is 4.97. The number of ether oxygens (including phenoxy) is 1. The molecule has 2 unspecified atom stereocenters. The number of pyridine rings is 1. The third kappa shape index (κ3) is 8.06. The molecule has 1 N–H and O–H groups in total. The Morgan fingerprint density at radius 3 is 2.32 bits per heavy atom. The van der Waals surface area contributed by atoms with Crippen LogP contribution in [0.5, 0.6) is 5.75 Å². The van der Waals surface area contributed by atoms with E-state index in [4.69, 9.17) is 0 Å². The fraction of sp³-hybridized carbons (Fsp3) is 0.459. The number of carbonyl (C=O) groups is 3. The van der Waals surface area contributed by atoms with Crippen molar-refractivity contribution in [3.63, 3.8) is 0 Å². The number of amides is 3. The number of aromatic nitrogens is 1. The molecule has 3 saturated heterocycles. The van der Waals surface area contributed by atoms with Crippen LogP contribution >= 0.6 is 0 Å². The van der Waals surface area contributed by atoms with Gasteiger partial charge in [0.25, 0.3) is 17.4 Å². The number of likely N-dealkylation sites (tertiary alicyclic amines) is 1. The van der Waals surface area contributed by atoms with Crippen LogP contribution in [0.3, 0.4) is 0 Å². The number of aryl methyl sites for hydroxylation is 1. The molecule has 53 heavy (non-hydrogen) atoms. The molecule has 6 rings (SSSR count). The van der Waals surface area contributed by atoms with Gasteiger partial charge in [-0.25, -0.2) is 13.2 Å². The molecule has 3 aliphatic heterocycles. The fourth-order valence-electron chi connectivity index (χ4n) is 7.49. The highest BCUT2D eigenvalue weighted by atomic mass is 19.4. The molecule has 0 radical (unpaired) electrons. The van der Waals surface area contributed by atoms with Crippen LogP contribution in [-0.4, -0.2) is 89.7 Å². The van der Waals surface area contributed by atoms with Crippen molar-refractivity contribution in [2.75, 3.05) is 44.2 Å². The van der Waals surface area contributed by atoms with Crippen LogP contribution in [0.4, 0.5) is 32.0 Å². The highest BCUT2D eigenvalue weighted by Gasteiger charge is 2.49. The summed E-state index contributed by atoms with van der Waals surface area (Å²) in [4.78, 5) is 53.6. The zero-order chi connectivity index (χ0) is 38.4. The molecule has 3 aromatic rings. The van der Waals surface area contributed by atoms with E-state index in [2.05, 4.69) is 10.1 Å². The van der Waals surface area contributed by atoms with Crippen molar-refractivity contribution in [2.24, 2.45) is 13.0 Å². The number of carbonyl (C=O) groups excluding carboxylic acids is 3. The van der Waals surface area contributed by atoms with Gasteiger partial charge in [-0.05, 0) is 74.1 Å². The number of rotatable bonds is 7. The number of hydrogen-bond donors (Lipinski definition) is 1. The van der Waals surface area contributed by atoms with E-state index < -0.39 is 53.8 Å². The Bertz CT molecular complexity index is 1990. The summed E-state index contributed by atoms with van der Waals surface area (Å²) in [7, 11) is 1.50. The summed E-state index contributed by atoms with van der Waals surface area (Å²) in [6.07, 6.45) is -2.98.